The van der Waals surface area contributed by atoms with Crippen molar-refractivity contribution >= 4 is 41.3 Å². The number of aliphatic imine (C=N–C) groups is 1. The molecule has 0 amide bonds. The van der Waals surface area contributed by atoms with Gasteiger partial charge in [-0.3, -0.25) is 0 Å². The van der Waals surface area contributed by atoms with Crippen LogP contribution in [0.1, 0.15) is 36.8 Å². The second kappa shape index (κ2) is 10.5. The Labute approximate surface area is 175 Å². The van der Waals surface area contributed by atoms with Gasteiger partial charge in [0.05, 0.1) is 18.2 Å². The Morgan fingerprint density at radius 3 is 2.65 bits per heavy atom. The third kappa shape index (κ3) is 6.25. The van der Waals surface area contributed by atoms with E-state index in [1.807, 2.05) is 13.0 Å². The molecule has 0 unspecified atom stereocenters. The average Bonchev–Trinajstić information content (AvgIpc) is 3.13. The molecule has 2 N–H and O–H groups in total. The molecule has 1 heterocycles. The summed E-state index contributed by atoms with van der Waals surface area (Å²) >= 11 is 1.73. The van der Waals surface area contributed by atoms with Crippen molar-refractivity contribution in [1.82, 2.24) is 10.6 Å². The quantitative estimate of drug-likeness (QED) is 0.361. The van der Waals surface area contributed by atoms with Gasteiger partial charge in [0, 0.05) is 28.9 Å². The van der Waals surface area contributed by atoms with Crippen molar-refractivity contribution in [3.05, 3.63) is 57.5 Å². The fraction of sp³-hybridized carbons (Fsp3) is 0.368. The maximum absolute atomic E-state index is 14.0. The van der Waals surface area contributed by atoms with E-state index in [4.69, 9.17) is 5.26 Å². The third-order valence-corrected chi connectivity index (χ3v) is 5.06. The number of hydrogen-bond donors (Lipinski definition) is 2. The molecule has 140 valence electrons. The summed E-state index contributed by atoms with van der Waals surface area (Å²) in [5, 5.41) is 17.4. The molecule has 0 atom stereocenters. The molecule has 0 fully saturated rings. The van der Waals surface area contributed by atoms with E-state index in [9.17, 15) is 4.39 Å². The molecular formula is C19H24FIN4S. The minimum atomic E-state index is -0.405. The SMILES string of the molecule is CCNC(=NCc1ccc(C#N)cc1F)NCC(C)(C)c1cccs1.I. The van der Waals surface area contributed by atoms with Crippen molar-refractivity contribution in [2.75, 3.05) is 13.1 Å². The van der Waals surface area contributed by atoms with E-state index in [-0.39, 0.29) is 35.9 Å². The molecule has 0 saturated carbocycles. The van der Waals surface area contributed by atoms with Crippen molar-refractivity contribution in [3.8, 4) is 6.07 Å². The van der Waals surface area contributed by atoms with E-state index in [2.05, 4.69) is 47.0 Å². The Morgan fingerprint density at radius 2 is 2.08 bits per heavy atom. The van der Waals surface area contributed by atoms with Gasteiger partial charge in [-0.2, -0.15) is 5.26 Å². The molecular weight excluding hydrogens is 462 g/mol. The van der Waals surface area contributed by atoms with E-state index in [0.29, 0.717) is 17.1 Å². The van der Waals surface area contributed by atoms with Crippen LogP contribution in [0.4, 0.5) is 4.39 Å². The van der Waals surface area contributed by atoms with Crippen molar-refractivity contribution in [1.29, 1.82) is 5.26 Å². The number of thiophene rings is 1. The van der Waals surface area contributed by atoms with Gasteiger partial charge >= 0.3 is 0 Å². The number of halogens is 2. The first-order chi connectivity index (χ1) is 12.0. The van der Waals surface area contributed by atoms with Gasteiger partial charge in [0.1, 0.15) is 5.82 Å². The predicted octanol–water partition coefficient (Wildman–Crippen LogP) is 4.41. The molecule has 2 aromatic rings. The molecule has 4 nitrogen and oxygen atoms in total. The summed E-state index contributed by atoms with van der Waals surface area (Å²) in [6, 6.07) is 10.6. The zero-order valence-electron chi connectivity index (χ0n) is 15.2. The number of rotatable bonds is 6. The lowest BCUT2D eigenvalue weighted by Gasteiger charge is -2.25. The lowest BCUT2D eigenvalue weighted by molar-refractivity contribution is 0.518. The van der Waals surface area contributed by atoms with Crippen LogP contribution >= 0.6 is 35.3 Å². The first kappa shape index (κ1) is 22.4. The van der Waals surface area contributed by atoms with E-state index in [0.717, 1.165) is 13.1 Å². The molecule has 1 aromatic carbocycles. The fourth-order valence-electron chi connectivity index (χ4n) is 2.31. The molecule has 0 saturated heterocycles. The van der Waals surface area contributed by atoms with Gasteiger partial charge in [-0.1, -0.05) is 26.0 Å². The first-order valence-electron chi connectivity index (χ1n) is 8.21. The van der Waals surface area contributed by atoms with Crippen molar-refractivity contribution in [3.63, 3.8) is 0 Å². The molecule has 0 bridgehead atoms. The summed E-state index contributed by atoms with van der Waals surface area (Å²) in [4.78, 5) is 5.76. The van der Waals surface area contributed by atoms with Crippen LogP contribution in [0.3, 0.4) is 0 Å². The Balaban J connectivity index is 0.00000338. The van der Waals surface area contributed by atoms with Gasteiger partial charge in [0.2, 0.25) is 0 Å². The summed E-state index contributed by atoms with van der Waals surface area (Å²) in [5.41, 5.74) is 0.756. The highest BCUT2D eigenvalue weighted by Crippen LogP contribution is 2.26. The van der Waals surface area contributed by atoms with Crippen LogP contribution in [0.15, 0.2) is 40.7 Å². The van der Waals surface area contributed by atoms with Gasteiger partial charge in [-0.25, -0.2) is 9.38 Å². The molecule has 0 spiro atoms. The molecule has 0 radical (unpaired) electrons. The summed E-state index contributed by atoms with van der Waals surface area (Å²) in [6.45, 7) is 8.00. The van der Waals surface area contributed by atoms with Crippen LogP contribution in [0.5, 0.6) is 0 Å². The Hall–Kier alpha value is -1.66. The molecule has 0 aliphatic carbocycles. The van der Waals surface area contributed by atoms with Crippen LogP contribution < -0.4 is 10.6 Å². The predicted molar refractivity (Wildman–Crippen MR) is 117 cm³/mol. The fourth-order valence-corrected chi connectivity index (χ4v) is 3.16. The maximum atomic E-state index is 14.0. The van der Waals surface area contributed by atoms with Gasteiger partial charge in [0.25, 0.3) is 0 Å². The summed E-state index contributed by atoms with van der Waals surface area (Å²) in [7, 11) is 0. The number of guanidine groups is 1. The molecule has 7 heteroatoms. The first-order valence-corrected chi connectivity index (χ1v) is 9.09. The zero-order chi connectivity index (χ0) is 18.3. The normalized spacial score (nSPS) is 11.4. The Kier molecular flexibility index (Phi) is 9.02. The molecule has 26 heavy (non-hydrogen) atoms. The number of benzene rings is 1. The molecule has 1 aromatic heterocycles. The molecule has 2 rings (SSSR count). The standard InChI is InChI=1S/C19H23FN4S.HI/c1-4-22-18(24-13-19(2,3)17-6-5-9-25-17)23-12-15-8-7-14(11-21)10-16(15)20;/h5-10H,4,12-13H2,1-3H3,(H2,22,23,24);1H. The number of nitriles is 1. The number of nitrogens with zero attached hydrogens (tertiary/aromatic N) is 2. The zero-order valence-corrected chi connectivity index (χ0v) is 18.3. The maximum Gasteiger partial charge on any atom is 0.191 e. The van der Waals surface area contributed by atoms with E-state index < -0.39 is 5.82 Å². The summed E-state index contributed by atoms with van der Waals surface area (Å²) in [6.07, 6.45) is 0. The number of hydrogen-bond acceptors (Lipinski definition) is 3. The van der Waals surface area contributed by atoms with Gasteiger partial charge in [-0.15, -0.1) is 35.3 Å². The van der Waals surface area contributed by atoms with Crippen LogP contribution in [0, 0.1) is 17.1 Å². The van der Waals surface area contributed by atoms with Gasteiger partial charge in [0.15, 0.2) is 5.96 Å². The van der Waals surface area contributed by atoms with E-state index in [1.165, 1.54) is 10.9 Å². The molecule has 0 aliphatic rings. The lowest BCUT2D eigenvalue weighted by Crippen LogP contribution is -2.43. The topological polar surface area (TPSA) is 60.2 Å². The highest BCUT2D eigenvalue weighted by atomic mass is 127. The smallest absolute Gasteiger partial charge is 0.191 e. The number of nitrogens with one attached hydrogen (secondary N) is 2. The Bertz CT molecular complexity index is 766. The van der Waals surface area contributed by atoms with E-state index in [1.54, 1.807) is 23.5 Å². The summed E-state index contributed by atoms with van der Waals surface area (Å²) in [5.74, 6) is 0.244. The van der Waals surface area contributed by atoms with Crippen LogP contribution in [0.2, 0.25) is 0 Å². The van der Waals surface area contributed by atoms with Crippen molar-refractivity contribution < 1.29 is 4.39 Å². The molecule has 0 aliphatic heterocycles. The van der Waals surface area contributed by atoms with Gasteiger partial charge in [-0.05, 0) is 30.5 Å². The third-order valence-electron chi connectivity index (χ3n) is 3.82. The minimum absolute atomic E-state index is 0. The minimum Gasteiger partial charge on any atom is -0.357 e. The van der Waals surface area contributed by atoms with Crippen LogP contribution in [-0.4, -0.2) is 19.0 Å². The van der Waals surface area contributed by atoms with Crippen molar-refractivity contribution in [2.24, 2.45) is 4.99 Å². The van der Waals surface area contributed by atoms with Crippen LogP contribution in [0.25, 0.3) is 0 Å². The lowest BCUT2D eigenvalue weighted by atomic mass is 9.91. The monoisotopic (exact) mass is 486 g/mol. The largest absolute Gasteiger partial charge is 0.357 e. The highest BCUT2D eigenvalue weighted by Gasteiger charge is 2.21. The van der Waals surface area contributed by atoms with Gasteiger partial charge < -0.3 is 10.6 Å². The van der Waals surface area contributed by atoms with Crippen LogP contribution in [-0.2, 0) is 12.0 Å². The summed E-state index contributed by atoms with van der Waals surface area (Å²) < 4.78 is 14.0. The second-order valence-corrected chi connectivity index (χ2v) is 7.28. The average molecular weight is 486 g/mol. The second-order valence-electron chi connectivity index (χ2n) is 6.33. The van der Waals surface area contributed by atoms with E-state index >= 15 is 0 Å². The Morgan fingerprint density at radius 1 is 1.31 bits per heavy atom. The highest BCUT2D eigenvalue weighted by molar-refractivity contribution is 14.0. The van der Waals surface area contributed by atoms with Crippen molar-refractivity contribution in [2.45, 2.75) is 32.7 Å².